The lowest BCUT2D eigenvalue weighted by Gasteiger charge is -2.21. The quantitative estimate of drug-likeness (QED) is 0.924. The van der Waals surface area contributed by atoms with Crippen molar-refractivity contribution in [3.8, 4) is 0 Å². The average molecular weight is 305 g/mol. The van der Waals surface area contributed by atoms with Crippen LogP contribution in [0.15, 0.2) is 24.3 Å². The van der Waals surface area contributed by atoms with Crippen molar-refractivity contribution >= 4 is 22.2 Å². The Morgan fingerprint density at radius 2 is 2.24 bits per heavy atom. The molecule has 1 heterocycles. The first kappa shape index (κ1) is 14.5. The van der Waals surface area contributed by atoms with E-state index in [-0.39, 0.29) is 5.82 Å². The van der Waals surface area contributed by atoms with Crippen LogP contribution >= 0.6 is 11.3 Å². The zero-order valence-corrected chi connectivity index (χ0v) is 13.2. The third-order valence-electron chi connectivity index (χ3n) is 3.98. The van der Waals surface area contributed by atoms with Crippen molar-refractivity contribution in [2.45, 2.75) is 32.2 Å². The number of aromatic nitrogens is 1. The molecule has 2 aromatic rings. The highest BCUT2D eigenvalue weighted by Crippen LogP contribution is 2.39. The van der Waals surface area contributed by atoms with Crippen molar-refractivity contribution in [3.05, 3.63) is 40.7 Å². The number of fused-ring (bicyclic) bond motifs is 1. The molecule has 3 nitrogen and oxygen atoms in total. The van der Waals surface area contributed by atoms with Crippen LogP contribution in [0.25, 0.3) is 0 Å². The van der Waals surface area contributed by atoms with Gasteiger partial charge in [-0.1, -0.05) is 12.1 Å². The molecule has 1 aromatic carbocycles. The van der Waals surface area contributed by atoms with Crippen LogP contribution in [-0.2, 0) is 6.42 Å². The van der Waals surface area contributed by atoms with Crippen molar-refractivity contribution in [1.82, 2.24) is 10.3 Å². The third kappa shape index (κ3) is 2.68. The summed E-state index contributed by atoms with van der Waals surface area (Å²) in [6.07, 6.45) is 3.39. The Labute approximate surface area is 128 Å². The fourth-order valence-corrected chi connectivity index (χ4v) is 4.12. The van der Waals surface area contributed by atoms with Crippen LogP contribution in [0.1, 0.15) is 36.4 Å². The minimum absolute atomic E-state index is 0.197. The molecule has 21 heavy (non-hydrogen) atoms. The lowest BCUT2D eigenvalue weighted by atomic mass is 9.98. The summed E-state index contributed by atoms with van der Waals surface area (Å²) in [4.78, 5) is 8.11. The van der Waals surface area contributed by atoms with Gasteiger partial charge >= 0.3 is 0 Å². The van der Waals surface area contributed by atoms with Crippen molar-refractivity contribution in [1.29, 1.82) is 0 Å². The van der Waals surface area contributed by atoms with E-state index in [4.69, 9.17) is 4.98 Å². The van der Waals surface area contributed by atoms with Gasteiger partial charge in [-0.15, -0.1) is 11.3 Å². The minimum atomic E-state index is -0.197. The smallest absolute Gasteiger partial charge is 0.190 e. The van der Waals surface area contributed by atoms with Crippen LogP contribution in [0.4, 0.5) is 15.2 Å². The van der Waals surface area contributed by atoms with E-state index in [1.54, 1.807) is 17.4 Å². The van der Waals surface area contributed by atoms with E-state index in [1.807, 2.05) is 31.0 Å². The molecule has 0 fully saturated rings. The number of para-hydroxylation sites is 1. The number of hydrogen-bond donors (Lipinski definition) is 1. The molecule has 0 amide bonds. The number of anilines is 2. The van der Waals surface area contributed by atoms with Crippen molar-refractivity contribution in [2.75, 3.05) is 18.5 Å². The van der Waals surface area contributed by atoms with Crippen LogP contribution in [0.2, 0.25) is 0 Å². The van der Waals surface area contributed by atoms with Crippen LogP contribution in [0, 0.1) is 5.82 Å². The first-order valence-corrected chi connectivity index (χ1v) is 8.25. The second-order valence-corrected chi connectivity index (χ2v) is 6.30. The molecule has 3 rings (SSSR count). The van der Waals surface area contributed by atoms with Crippen LogP contribution in [-0.4, -0.2) is 18.6 Å². The summed E-state index contributed by atoms with van der Waals surface area (Å²) in [6.45, 7) is 2.74. The molecule has 0 bridgehead atoms. The summed E-state index contributed by atoms with van der Waals surface area (Å²) in [7, 11) is 1.98. The Morgan fingerprint density at radius 3 is 2.95 bits per heavy atom. The van der Waals surface area contributed by atoms with E-state index in [9.17, 15) is 4.39 Å². The Morgan fingerprint density at radius 1 is 1.43 bits per heavy atom. The number of aryl methyl sites for hydroxylation is 1. The predicted octanol–water partition coefficient (Wildman–Crippen LogP) is 4.04. The number of thiazole rings is 1. The summed E-state index contributed by atoms with van der Waals surface area (Å²) in [5.74, 6) is -0.197. The Balaban J connectivity index is 1.99. The van der Waals surface area contributed by atoms with Crippen molar-refractivity contribution in [2.24, 2.45) is 0 Å². The zero-order valence-electron chi connectivity index (χ0n) is 12.4. The van der Waals surface area contributed by atoms with Gasteiger partial charge in [-0.05, 0) is 45.4 Å². The van der Waals surface area contributed by atoms with Gasteiger partial charge in [0.25, 0.3) is 0 Å². The van der Waals surface area contributed by atoms with Crippen molar-refractivity contribution < 1.29 is 4.39 Å². The molecule has 112 valence electrons. The highest BCUT2D eigenvalue weighted by atomic mass is 32.1. The molecule has 5 heteroatoms. The Kier molecular flexibility index (Phi) is 4.22. The topological polar surface area (TPSA) is 28.2 Å². The Hall–Kier alpha value is -1.46. The summed E-state index contributed by atoms with van der Waals surface area (Å²) >= 11 is 1.70. The molecule has 0 aliphatic heterocycles. The number of nitrogens with one attached hydrogen (secondary N) is 1. The van der Waals surface area contributed by atoms with Crippen molar-refractivity contribution in [3.63, 3.8) is 0 Å². The molecule has 0 spiro atoms. The van der Waals surface area contributed by atoms with E-state index in [2.05, 4.69) is 5.32 Å². The van der Waals surface area contributed by atoms with Gasteiger partial charge in [0.2, 0.25) is 0 Å². The summed E-state index contributed by atoms with van der Waals surface area (Å²) in [5, 5.41) is 4.23. The van der Waals surface area contributed by atoms with Gasteiger partial charge in [0.1, 0.15) is 5.82 Å². The number of nitrogens with zero attached hydrogens (tertiary/aromatic N) is 2. The maximum Gasteiger partial charge on any atom is 0.190 e. The largest absolute Gasteiger partial charge is 0.315 e. The maximum absolute atomic E-state index is 14.1. The first-order chi connectivity index (χ1) is 10.2. The summed E-state index contributed by atoms with van der Waals surface area (Å²) < 4.78 is 14.1. The summed E-state index contributed by atoms with van der Waals surface area (Å²) in [5.41, 5.74) is 1.76. The van der Waals surface area contributed by atoms with Gasteiger partial charge in [0.05, 0.1) is 17.4 Å². The summed E-state index contributed by atoms with van der Waals surface area (Å²) in [6, 6.07) is 7.23. The standard InChI is InChI=1S/C16H20FN3S/c1-3-20(13-9-5-4-7-11(13)17)16-19-15-12(18-2)8-6-10-14(15)21-16/h4-5,7,9,12,18H,3,6,8,10H2,1-2H3. The highest BCUT2D eigenvalue weighted by molar-refractivity contribution is 7.15. The lowest BCUT2D eigenvalue weighted by molar-refractivity contribution is 0.490. The van der Waals surface area contributed by atoms with E-state index >= 15 is 0 Å². The monoisotopic (exact) mass is 305 g/mol. The van der Waals surface area contributed by atoms with Gasteiger partial charge < -0.3 is 10.2 Å². The van der Waals surface area contributed by atoms with Crippen LogP contribution in [0.5, 0.6) is 0 Å². The second kappa shape index (κ2) is 6.12. The van der Waals surface area contributed by atoms with Crippen LogP contribution in [0.3, 0.4) is 0 Å². The molecule has 0 saturated carbocycles. The van der Waals surface area contributed by atoms with E-state index in [0.717, 1.165) is 23.7 Å². The average Bonchev–Trinajstić information content (AvgIpc) is 2.93. The van der Waals surface area contributed by atoms with Gasteiger partial charge in [0, 0.05) is 11.4 Å². The van der Waals surface area contributed by atoms with Crippen LogP contribution < -0.4 is 10.2 Å². The SMILES string of the molecule is CCN(c1nc2c(s1)CCCC2NC)c1ccccc1F. The zero-order chi connectivity index (χ0) is 14.8. The molecule has 1 atom stereocenters. The maximum atomic E-state index is 14.1. The second-order valence-electron chi connectivity index (χ2n) is 5.23. The fraction of sp³-hybridized carbons (Fsp3) is 0.438. The minimum Gasteiger partial charge on any atom is -0.315 e. The third-order valence-corrected chi connectivity index (χ3v) is 5.14. The molecule has 1 aromatic heterocycles. The molecule has 1 unspecified atom stereocenters. The molecule has 0 saturated heterocycles. The van der Waals surface area contributed by atoms with Gasteiger partial charge in [0.15, 0.2) is 5.13 Å². The Bertz CT molecular complexity index is 626. The molecule has 0 radical (unpaired) electrons. The molecule has 1 aliphatic rings. The first-order valence-electron chi connectivity index (χ1n) is 7.43. The molecular weight excluding hydrogens is 285 g/mol. The number of hydrogen-bond acceptors (Lipinski definition) is 4. The highest BCUT2D eigenvalue weighted by Gasteiger charge is 2.25. The van der Waals surface area contributed by atoms with E-state index < -0.39 is 0 Å². The van der Waals surface area contributed by atoms with E-state index in [1.165, 1.54) is 17.4 Å². The normalized spacial score (nSPS) is 17.6. The van der Waals surface area contributed by atoms with Gasteiger partial charge in [-0.3, -0.25) is 0 Å². The lowest BCUT2D eigenvalue weighted by Crippen LogP contribution is -2.21. The van der Waals surface area contributed by atoms with E-state index in [0.29, 0.717) is 18.3 Å². The van der Waals surface area contributed by atoms with Gasteiger partial charge in [-0.25, -0.2) is 9.37 Å². The number of rotatable bonds is 4. The predicted molar refractivity (Wildman–Crippen MR) is 85.9 cm³/mol. The molecule has 1 aliphatic carbocycles. The number of halogens is 1. The molecule has 1 N–H and O–H groups in total. The number of benzene rings is 1. The van der Waals surface area contributed by atoms with Gasteiger partial charge in [-0.2, -0.15) is 0 Å². The molecular formula is C16H20FN3S. The fourth-order valence-electron chi connectivity index (χ4n) is 2.88.